The number of cyclic esters (lactones) is 1. The van der Waals surface area contributed by atoms with Crippen molar-refractivity contribution in [2.24, 2.45) is 0 Å². The molecule has 7 heteroatoms. The summed E-state index contributed by atoms with van der Waals surface area (Å²) < 4.78 is 18.7. The second-order valence-corrected chi connectivity index (χ2v) is 5.55. The summed E-state index contributed by atoms with van der Waals surface area (Å²) in [6, 6.07) is 5.86. The van der Waals surface area contributed by atoms with Crippen LogP contribution < -0.4 is 4.90 Å². The molecule has 1 atom stereocenters. The normalized spacial score (nSPS) is 17.8. The maximum Gasteiger partial charge on any atom is 0.414 e. The molecule has 0 aromatic heterocycles. The van der Waals surface area contributed by atoms with E-state index < -0.39 is 11.9 Å². The van der Waals surface area contributed by atoms with E-state index in [0.717, 1.165) is 0 Å². The zero-order valence-electron chi connectivity index (χ0n) is 13.0. The molecule has 0 aliphatic carbocycles. The fraction of sp³-hybridized carbons (Fsp3) is 0.562. The maximum atomic E-state index is 13.3. The van der Waals surface area contributed by atoms with Gasteiger partial charge in [0.05, 0.1) is 12.2 Å². The van der Waals surface area contributed by atoms with Gasteiger partial charge in [0.25, 0.3) is 0 Å². The third-order valence-electron chi connectivity index (χ3n) is 3.72. The van der Waals surface area contributed by atoms with Crippen molar-refractivity contribution in [3.8, 4) is 0 Å². The van der Waals surface area contributed by atoms with Crippen molar-refractivity contribution in [2.75, 3.05) is 44.3 Å². The van der Waals surface area contributed by atoms with Crippen LogP contribution in [-0.4, -0.2) is 66.7 Å². The predicted octanol–water partition coefficient (Wildman–Crippen LogP) is 1.22. The summed E-state index contributed by atoms with van der Waals surface area (Å²) in [4.78, 5) is 15.5. The smallest absolute Gasteiger partial charge is 0.414 e. The third kappa shape index (κ3) is 5.16. The van der Waals surface area contributed by atoms with E-state index in [4.69, 9.17) is 14.9 Å². The minimum atomic E-state index is -0.482. The average molecular weight is 326 g/mol. The Bertz CT molecular complexity index is 507. The van der Waals surface area contributed by atoms with Crippen LogP contribution in [0.4, 0.5) is 14.9 Å². The molecule has 0 unspecified atom stereocenters. The molecule has 23 heavy (non-hydrogen) atoms. The number of aliphatic hydroxyl groups is 2. The SMILES string of the molecule is O=C1O[C@@H](CN(CCCO)CCCO)CN1c1cccc(F)c1. The number of benzene rings is 1. The number of rotatable bonds is 9. The van der Waals surface area contributed by atoms with Crippen molar-refractivity contribution in [3.63, 3.8) is 0 Å². The Balaban J connectivity index is 1.94. The number of hydrogen-bond donors (Lipinski definition) is 2. The minimum Gasteiger partial charge on any atom is -0.443 e. The van der Waals surface area contributed by atoms with Crippen LogP contribution in [0.5, 0.6) is 0 Å². The highest BCUT2D eigenvalue weighted by Gasteiger charge is 2.33. The summed E-state index contributed by atoms with van der Waals surface area (Å²) in [5.74, 6) is -0.397. The molecular formula is C16H23FN2O4. The first kappa shape index (κ1) is 17.7. The Labute approximate surface area is 135 Å². The largest absolute Gasteiger partial charge is 0.443 e. The first-order valence-corrected chi connectivity index (χ1v) is 7.82. The zero-order chi connectivity index (χ0) is 16.7. The second-order valence-electron chi connectivity index (χ2n) is 5.55. The Hall–Kier alpha value is -1.70. The summed E-state index contributed by atoms with van der Waals surface area (Å²) in [5.41, 5.74) is 0.481. The second kappa shape index (κ2) is 8.81. The molecule has 2 rings (SSSR count). The lowest BCUT2D eigenvalue weighted by Crippen LogP contribution is -2.36. The quantitative estimate of drug-likeness (QED) is 0.714. The van der Waals surface area contributed by atoms with Crippen molar-refractivity contribution in [1.82, 2.24) is 4.90 Å². The topological polar surface area (TPSA) is 73.2 Å². The molecule has 2 N–H and O–H groups in total. The van der Waals surface area contributed by atoms with Crippen LogP contribution in [0.15, 0.2) is 24.3 Å². The van der Waals surface area contributed by atoms with E-state index in [9.17, 15) is 9.18 Å². The van der Waals surface area contributed by atoms with Gasteiger partial charge in [-0.25, -0.2) is 9.18 Å². The number of hydrogen-bond acceptors (Lipinski definition) is 5. The van der Waals surface area contributed by atoms with Gasteiger partial charge < -0.3 is 14.9 Å². The van der Waals surface area contributed by atoms with Crippen molar-refractivity contribution in [3.05, 3.63) is 30.1 Å². The number of halogens is 1. The zero-order valence-corrected chi connectivity index (χ0v) is 13.0. The average Bonchev–Trinajstić information content (AvgIpc) is 2.90. The molecule has 128 valence electrons. The summed E-state index contributed by atoms with van der Waals surface area (Å²) in [5, 5.41) is 17.9. The molecule has 1 aliphatic heterocycles. The summed E-state index contributed by atoms with van der Waals surface area (Å²) >= 11 is 0. The van der Waals surface area contributed by atoms with Crippen LogP contribution in [0.25, 0.3) is 0 Å². The van der Waals surface area contributed by atoms with Crippen LogP contribution in [0.3, 0.4) is 0 Å². The number of carbonyl (C=O) groups excluding carboxylic acids is 1. The van der Waals surface area contributed by atoms with Gasteiger partial charge in [-0.05, 0) is 31.0 Å². The van der Waals surface area contributed by atoms with Crippen LogP contribution in [0, 0.1) is 5.82 Å². The van der Waals surface area contributed by atoms with Crippen molar-refractivity contribution in [2.45, 2.75) is 18.9 Å². The first-order valence-electron chi connectivity index (χ1n) is 7.82. The molecule has 1 aromatic rings. The Morgan fingerprint density at radius 2 is 1.96 bits per heavy atom. The Morgan fingerprint density at radius 1 is 1.26 bits per heavy atom. The van der Waals surface area contributed by atoms with E-state index >= 15 is 0 Å². The summed E-state index contributed by atoms with van der Waals surface area (Å²) in [6.45, 7) is 2.41. The lowest BCUT2D eigenvalue weighted by Gasteiger charge is -2.24. The number of amides is 1. The monoisotopic (exact) mass is 326 g/mol. The summed E-state index contributed by atoms with van der Waals surface area (Å²) in [6.07, 6.45) is 0.451. The molecule has 0 bridgehead atoms. The standard InChI is InChI=1S/C16H23FN2O4/c17-13-4-1-5-14(10-13)19-12-15(23-16(19)22)11-18(6-2-8-20)7-3-9-21/h1,4-5,10,15,20-21H,2-3,6-9,11-12H2/t15-/m0/s1. The fourth-order valence-corrected chi connectivity index (χ4v) is 2.64. The third-order valence-corrected chi connectivity index (χ3v) is 3.72. The van der Waals surface area contributed by atoms with E-state index in [0.29, 0.717) is 44.7 Å². The molecule has 1 heterocycles. The lowest BCUT2D eigenvalue weighted by atomic mass is 10.2. The molecular weight excluding hydrogens is 303 g/mol. The molecule has 1 amide bonds. The van der Waals surface area contributed by atoms with Gasteiger partial charge in [-0.15, -0.1) is 0 Å². The molecule has 0 saturated carbocycles. The molecule has 1 saturated heterocycles. The fourth-order valence-electron chi connectivity index (χ4n) is 2.64. The van der Waals surface area contributed by atoms with Gasteiger partial charge in [-0.1, -0.05) is 6.07 Å². The van der Waals surface area contributed by atoms with E-state index in [1.54, 1.807) is 12.1 Å². The van der Waals surface area contributed by atoms with E-state index in [-0.39, 0.29) is 19.3 Å². The number of ether oxygens (including phenoxy) is 1. The molecule has 1 aliphatic rings. The van der Waals surface area contributed by atoms with Crippen LogP contribution in [0.2, 0.25) is 0 Å². The predicted molar refractivity (Wildman–Crippen MR) is 83.9 cm³/mol. The van der Waals surface area contributed by atoms with E-state index in [2.05, 4.69) is 4.90 Å². The van der Waals surface area contributed by atoms with Gasteiger partial charge >= 0.3 is 6.09 Å². The molecule has 0 spiro atoms. The number of carbonyl (C=O) groups is 1. The Kier molecular flexibility index (Phi) is 6.76. The van der Waals surface area contributed by atoms with Crippen molar-refractivity contribution >= 4 is 11.8 Å². The highest BCUT2D eigenvalue weighted by molar-refractivity contribution is 5.89. The van der Waals surface area contributed by atoms with Gasteiger partial charge in [0.1, 0.15) is 11.9 Å². The van der Waals surface area contributed by atoms with Crippen LogP contribution in [-0.2, 0) is 4.74 Å². The molecule has 1 fully saturated rings. The van der Waals surface area contributed by atoms with Gasteiger partial charge in [0.15, 0.2) is 0 Å². The minimum absolute atomic E-state index is 0.0928. The van der Waals surface area contributed by atoms with Gasteiger partial charge in [-0.2, -0.15) is 0 Å². The molecule has 1 aromatic carbocycles. The van der Waals surface area contributed by atoms with Crippen molar-refractivity contribution < 1.29 is 24.1 Å². The number of anilines is 1. The van der Waals surface area contributed by atoms with Crippen LogP contribution in [0.1, 0.15) is 12.8 Å². The Morgan fingerprint density at radius 3 is 2.57 bits per heavy atom. The van der Waals surface area contributed by atoms with E-state index in [1.807, 2.05) is 0 Å². The highest BCUT2D eigenvalue weighted by atomic mass is 19.1. The van der Waals surface area contributed by atoms with Gasteiger partial charge in [-0.3, -0.25) is 9.80 Å². The molecule has 0 radical (unpaired) electrons. The molecule has 6 nitrogen and oxygen atoms in total. The first-order chi connectivity index (χ1) is 11.1. The summed E-state index contributed by atoms with van der Waals surface area (Å²) in [7, 11) is 0. The lowest BCUT2D eigenvalue weighted by molar-refractivity contribution is 0.102. The highest BCUT2D eigenvalue weighted by Crippen LogP contribution is 2.22. The van der Waals surface area contributed by atoms with Crippen LogP contribution >= 0.6 is 0 Å². The van der Waals surface area contributed by atoms with E-state index in [1.165, 1.54) is 17.0 Å². The van der Waals surface area contributed by atoms with Gasteiger partial charge in [0, 0.05) is 32.8 Å². The number of nitrogens with zero attached hydrogens (tertiary/aromatic N) is 2. The maximum absolute atomic E-state index is 13.3. The van der Waals surface area contributed by atoms with Gasteiger partial charge in [0.2, 0.25) is 0 Å². The van der Waals surface area contributed by atoms with Crippen molar-refractivity contribution in [1.29, 1.82) is 0 Å². The number of aliphatic hydroxyl groups excluding tert-OH is 2.